The lowest BCUT2D eigenvalue weighted by molar-refractivity contribution is -0.132. The van der Waals surface area contributed by atoms with Crippen LogP contribution in [0.3, 0.4) is 0 Å². The molecule has 0 aromatic heterocycles. The summed E-state index contributed by atoms with van der Waals surface area (Å²) in [5, 5.41) is 2.95. The van der Waals surface area contributed by atoms with Gasteiger partial charge in [-0.3, -0.25) is 4.79 Å². The third kappa shape index (κ3) is 6.37. The zero-order chi connectivity index (χ0) is 16.8. The zero-order valence-corrected chi connectivity index (χ0v) is 15.5. The number of nitrogens with zero attached hydrogens (tertiary/aromatic N) is 1. The van der Waals surface area contributed by atoms with Crippen molar-refractivity contribution in [3.05, 3.63) is 24.3 Å². The van der Waals surface area contributed by atoms with Crippen molar-refractivity contribution in [3.63, 3.8) is 0 Å². The third-order valence-electron chi connectivity index (χ3n) is 3.38. The molecule has 1 N–H and O–H groups in total. The Morgan fingerprint density at radius 2 is 1.87 bits per heavy atom. The topological polar surface area (TPSA) is 75.7 Å². The van der Waals surface area contributed by atoms with Crippen molar-refractivity contribution in [2.24, 2.45) is 5.92 Å². The Labute approximate surface area is 144 Å². The molecule has 0 spiro atoms. The summed E-state index contributed by atoms with van der Waals surface area (Å²) in [6.07, 6.45) is 0. The van der Waals surface area contributed by atoms with E-state index in [0.29, 0.717) is 18.8 Å². The van der Waals surface area contributed by atoms with Gasteiger partial charge in [0.05, 0.1) is 17.8 Å². The Hall–Kier alpha value is -1.31. The fourth-order valence-corrected chi connectivity index (χ4v) is 3.59. The molecule has 1 aromatic rings. The van der Waals surface area contributed by atoms with Crippen LogP contribution in [0.1, 0.15) is 6.92 Å². The van der Waals surface area contributed by atoms with E-state index >= 15 is 0 Å². The minimum absolute atomic E-state index is 0. The Kier molecular flexibility index (Phi) is 9.19. The van der Waals surface area contributed by atoms with Gasteiger partial charge in [-0.1, -0.05) is 6.92 Å². The molecule has 1 amide bonds. The lowest BCUT2D eigenvalue weighted by Gasteiger charge is -2.21. The molecule has 1 aromatic carbocycles. The maximum atomic E-state index is 12.4. The monoisotopic (exact) mass is 364 g/mol. The SMILES string of the molecule is CNCCN(C)C(=O)C(C)CS(=O)(=O)c1ccc(OC)cc1.Cl. The van der Waals surface area contributed by atoms with Gasteiger partial charge in [-0.05, 0) is 31.3 Å². The molecule has 0 aliphatic rings. The first-order valence-corrected chi connectivity index (χ1v) is 8.73. The summed E-state index contributed by atoms with van der Waals surface area (Å²) in [6.45, 7) is 2.85. The van der Waals surface area contributed by atoms with Crippen LogP contribution in [0.2, 0.25) is 0 Å². The van der Waals surface area contributed by atoms with E-state index in [1.54, 1.807) is 38.1 Å². The van der Waals surface area contributed by atoms with Crippen LogP contribution in [0.25, 0.3) is 0 Å². The summed E-state index contributed by atoms with van der Waals surface area (Å²) in [6, 6.07) is 6.18. The summed E-state index contributed by atoms with van der Waals surface area (Å²) in [4.78, 5) is 13.9. The fraction of sp³-hybridized carbons (Fsp3) is 0.533. The number of carbonyl (C=O) groups is 1. The predicted molar refractivity (Wildman–Crippen MR) is 93.0 cm³/mol. The van der Waals surface area contributed by atoms with E-state index in [1.165, 1.54) is 19.2 Å². The quantitative estimate of drug-likeness (QED) is 0.750. The normalized spacial score (nSPS) is 12.2. The van der Waals surface area contributed by atoms with E-state index in [0.717, 1.165) is 0 Å². The molecule has 1 rings (SSSR count). The van der Waals surface area contributed by atoms with Gasteiger partial charge in [0.15, 0.2) is 9.84 Å². The molecule has 1 unspecified atom stereocenters. The van der Waals surface area contributed by atoms with Gasteiger partial charge in [-0.25, -0.2) is 8.42 Å². The number of halogens is 1. The molecule has 0 bridgehead atoms. The van der Waals surface area contributed by atoms with E-state index in [9.17, 15) is 13.2 Å². The summed E-state index contributed by atoms with van der Waals surface area (Å²) >= 11 is 0. The highest BCUT2D eigenvalue weighted by molar-refractivity contribution is 7.91. The average Bonchev–Trinajstić information content (AvgIpc) is 2.51. The minimum atomic E-state index is -3.50. The van der Waals surface area contributed by atoms with Crippen molar-refractivity contribution in [3.8, 4) is 5.75 Å². The number of hydrogen-bond donors (Lipinski definition) is 1. The molecular formula is C15H25ClN2O4S. The predicted octanol–water partition coefficient (Wildman–Crippen LogP) is 1.20. The Balaban J connectivity index is 0.00000484. The number of nitrogens with one attached hydrogen (secondary N) is 1. The molecule has 23 heavy (non-hydrogen) atoms. The van der Waals surface area contributed by atoms with E-state index in [1.807, 2.05) is 0 Å². The second-order valence-electron chi connectivity index (χ2n) is 5.22. The van der Waals surface area contributed by atoms with Gasteiger partial charge in [-0.2, -0.15) is 0 Å². The van der Waals surface area contributed by atoms with E-state index in [2.05, 4.69) is 5.32 Å². The van der Waals surface area contributed by atoms with E-state index in [4.69, 9.17) is 4.74 Å². The van der Waals surface area contributed by atoms with Gasteiger partial charge >= 0.3 is 0 Å². The third-order valence-corrected chi connectivity index (χ3v) is 5.31. The number of amides is 1. The average molecular weight is 365 g/mol. The number of carbonyl (C=O) groups excluding carboxylic acids is 1. The van der Waals surface area contributed by atoms with Gasteiger partial charge in [0.2, 0.25) is 5.91 Å². The smallest absolute Gasteiger partial charge is 0.226 e. The standard InChI is InChI=1S/C15H24N2O4S.ClH/c1-12(15(18)17(3)10-9-16-2)11-22(19,20)14-7-5-13(21-4)6-8-14;/h5-8,12,16H,9-11H2,1-4H3;1H. The van der Waals surface area contributed by atoms with Crippen molar-refractivity contribution in [2.75, 3.05) is 40.0 Å². The van der Waals surface area contributed by atoms with Crippen LogP contribution in [-0.4, -0.2) is 59.3 Å². The summed E-state index contributed by atoms with van der Waals surface area (Å²) < 4.78 is 29.7. The molecule has 132 valence electrons. The number of likely N-dealkylation sites (N-methyl/N-ethyl adjacent to an activating group) is 2. The molecule has 0 aliphatic heterocycles. The Morgan fingerprint density at radius 1 is 1.30 bits per heavy atom. The van der Waals surface area contributed by atoms with Gasteiger partial charge in [0.25, 0.3) is 0 Å². The van der Waals surface area contributed by atoms with Gasteiger partial charge in [-0.15, -0.1) is 12.4 Å². The number of methoxy groups -OCH3 is 1. The molecule has 8 heteroatoms. The van der Waals surface area contributed by atoms with Gasteiger partial charge in [0, 0.05) is 26.1 Å². The molecule has 0 saturated heterocycles. The van der Waals surface area contributed by atoms with E-state index < -0.39 is 15.8 Å². The molecule has 0 radical (unpaired) electrons. The molecule has 0 heterocycles. The van der Waals surface area contributed by atoms with Crippen molar-refractivity contribution < 1.29 is 17.9 Å². The highest BCUT2D eigenvalue weighted by Crippen LogP contribution is 2.19. The maximum Gasteiger partial charge on any atom is 0.226 e. The number of ether oxygens (including phenoxy) is 1. The summed E-state index contributed by atoms with van der Waals surface area (Å²) in [5.41, 5.74) is 0. The largest absolute Gasteiger partial charge is 0.497 e. The number of hydrogen-bond acceptors (Lipinski definition) is 5. The second-order valence-corrected chi connectivity index (χ2v) is 7.26. The number of sulfone groups is 1. The highest BCUT2D eigenvalue weighted by atomic mass is 35.5. The number of rotatable bonds is 8. The van der Waals surface area contributed by atoms with Crippen molar-refractivity contribution in [2.45, 2.75) is 11.8 Å². The first kappa shape index (κ1) is 21.7. The molecule has 0 fully saturated rings. The molecule has 0 saturated carbocycles. The van der Waals surface area contributed by atoms with Gasteiger partial charge in [0.1, 0.15) is 5.75 Å². The molecule has 0 aliphatic carbocycles. The van der Waals surface area contributed by atoms with Crippen LogP contribution < -0.4 is 10.1 Å². The van der Waals surface area contributed by atoms with Crippen LogP contribution in [0.15, 0.2) is 29.2 Å². The van der Waals surface area contributed by atoms with Crippen molar-refractivity contribution in [1.82, 2.24) is 10.2 Å². The fourth-order valence-electron chi connectivity index (χ4n) is 2.05. The summed E-state index contributed by atoms with van der Waals surface area (Å²) in [7, 11) is 1.50. The first-order valence-electron chi connectivity index (χ1n) is 7.08. The summed E-state index contributed by atoms with van der Waals surface area (Å²) in [5.74, 6) is -0.377. The van der Waals surface area contributed by atoms with Crippen LogP contribution in [0.5, 0.6) is 5.75 Å². The zero-order valence-electron chi connectivity index (χ0n) is 13.9. The molecular weight excluding hydrogens is 340 g/mol. The van der Waals surface area contributed by atoms with Crippen LogP contribution in [0, 0.1) is 5.92 Å². The maximum absolute atomic E-state index is 12.4. The Morgan fingerprint density at radius 3 is 2.35 bits per heavy atom. The minimum Gasteiger partial charge on any atom is -0.497 e. The Bertz CT molecular complexity index is 590. The highest BCUT2D eigenvalue weighted by Gasteiger charge is 2.25. The van der Waals surface area contributed by atoms with Gasteiger partial charge < -0.3 is 15.0 Å². The van der Waals surface area contributed by atoms with Crippen LogP contribution >= 0.6 is 12.4 Å². The van der Waals surface area contributed by atoms with Crippen LogP contribution in [0.4, 0.5) is 0 Å². The van der Waals surface area contributed by atoms with Crippen molar-refractivity contribution >= 4 is 28.2 Å². The molecule has 1 atom stereocenters. The first-order chi connectivity index (χ1) is 10.3. The molecule has 6 nitrogen and oxygen atoms in total. The number of benzene rings is 1. The van der Waals surface area contributed by atoms with Crippen LogP contribution in [-0.2, 0) is 14.6 Å². The van der Waals surface area contributed by atoms with Crippen molar-refractivity contribution in [1.29, 1.82) is 0 Å². The van der Waals surface area contributed by atoms with E-state index in [-0.39, 0.29) is 29.0 Å². The second kappa shape index (κ2) is 9.75. The lowest BCUT2D eigenvalue weighted by atomic mass is 10.2. The lowest BCUT2D eigenvalue weighted by Crippen LogP contribution is -2.38.